The van der Waals surface area contributed by atoms with E-state index in [-0.39, 0.29) is 12.4 Å². The van der Waals surface area contributed by atoms with Gasteiger partial charge in [-0.3, -0.25) is 4.79 Å². The molecule has 1 atom stereocenters. The standard InChI is InChI=1S/C13H19NO2S/c15-12(13-4-2-8-17-13)10-16-7-5-11-3-1-6-14-9-11/h2,4,8,11,14H,1,3,5-7,9-10H2/t11-/m1/s1. The fourth-order valence-corrected chi connectivity index (χ4v) is 2.74. The Morgan fingerprint density at radius 3 is 3.24 bits per heavy atom. The number of ketones is 1. The number of ether oxygens (including phenoxy) is 1. The third-order valence-corrected chi connectivity index (χ3v) is 4.01. The smallest absolute Gasteiger partial charge is 0.198 e. The van der Waals surface area contributed by atoms with Crippen molar-refractivity contribution in [2.45, 2.75) is 19.3 Å². The quantitative estimate of drug-likeness (QED) is 0.624. The predicted octanol–water partition coefficient (Wildman–Crippen LogP) is 2.34. The first-order valence-corrected chi connectivity index (χ1v) is 7.09. The molecule has 1 N–H and O–H groups in total. The monoisotopic (exact) mass is 253 g/mol. The number of hydrogen-bond acceptors (Lipinski definition) is 4. The summed E-state index contributed by atoms with van der Waals surface area (Å²) >= 11 is 1.48. The van der Waals surface area contributed by atoms with E-state index in [0.29, 0.717) is 6.61 Å². The predicted molar refractivity (Wildman–Crippen MR) is 69.7 cm³/mol. The molecule has 2 heterocycles. The van der Waals surface area contributed by atoms with Gasteiger partial charge in [0, 0.05) is 6.61 Å². The van der Waals surface area contributed by atoms with E-state index in [2.05, 4.69) is 5.32 Å². The minimum atomic E-state index is 0.0989. The molecule has 1 aromatic heterocycles. The highest BCUT2D eigenvalue weighted by atomic mass is 32.1. The molecule has 0 radical (unpaired) electrons. The number of hydrogen-bond donors (Lipinski definition) is 1. The van der Waals surface area contributed by atoms with Gasteiger partial charge in [0.15, 0.2) is 5.78 Å². The molecule has 0 saturated carbocycles. The highest BCUT2D eigenvalue weighted by molar-refractivity contribution is 7.12. The maximum Gasteiger partial charge on any atom is 0.198 e. The van der Waals surface area contributed by atoms with E-state index in [0.717, 1.165) is 30.3 Å². The van der Waals surface area contributed by atoms with Crippen LogP contribution in [0.5, 0.6) is 0 Å². The summed E-state index contributed by atoms with van der Waals surface area (Å²) in [4.78, 5) is 12.4. The number of carbonyl (C=O) groups excluding carboxylic acids is 1. The Hall–Kier alpha value is -0.710. The molecule has 0 amide bonds. The second-order valence-electron chi connectivity index (χ2n) is 4.45. The van der Waals surface area contributed by atoms with Gasteiger partial charge < -0.3 is 10.1 Å². The summed E-state index contributed by atoms with van der Waals surface area (Å²) in [5.74, 6) is 0.822. The van der Waals surface area contributed by atoms with Crippen LogP contribution in [0, 0.1) is 5.92 Å². The number of carbonyl (C=O) groups is 1. The van der Waals surface area contributed by atoms with E-state index in [4.69, 9.17) is 4.74 Å². The Morgan fingerprint density at radius 1 is 1.59 bits per heavy atom. The highest BCUT2D eigenvalue weighted by Crippen LogP contribution is 2.14. The van der Waals surface area contributed by atoms with E-state index in [9.17, 15) is 4.79 Å². The Kier molecular flexibility index (Phi) is 5.16. The average Bonchev–Trinajstić information content (AvgIpc) is 2.89. The van der Waals surface area contributed by atoms with Crippen molar-refractivity contribution in [2.75, 3.05) is 26.3 Å². The largest absolute Gasteiger partial charge is 0.373 e. The average molecular weight is 253 g/mol. The zero-order chi connectivity index (χ0) is 11.9. The van der Waals surface area contributed by atoms with Gasteiger partial charge in [0.05, 0.1) is 4.88 Å². The summed E-state index contributed by atoms with van der Waals surface area (Å²) in [6.07, 6.45) is 3.61. The fourth-order valence-electron chi connectivity index (χ4n) is 2.09. The molecule has 0 aromatic carbocycles. The molecule has 0 spiro atoms. The highest BCUT2D eigenvalue weighted by Gasteiger charge is 2.13. The SMILES string of the molecule is O=C(COCC[C@H]1CCCNC1)c1cccs1. The lowest BCUT2D eigenvalue weighted by Crippen LogP contribution is -2.30. The first kappa shape index (κ1) is 12.7. The van der Waals surface area contributed by atoms with Crippen LogP contribution in [0.3, 0.4) is 0 Å². The summed E-state index contributed by atoms with van der Waals surface area (Å²) in [7, 11) is 0. The molecule has 1 aliphatic heterocycles. The first-order valence-electron chi connectivity index (χ1n) is 6.21. The molecule has 1 fully saturated rings. The summed E-state index contributed by atoms with van der Waals surface area (Å²) < 4.78 is 5.45. The first-order chi connectivity index (χ1) is 8.36. The molecule has 1 aliphatic rings. The van der Waals surface area contributed by atoms with Crippen LogP contribution in [0.15, 0.2) is 17.5 Å². The normalized spacial score (nSPS) is 20.4. The molecule has 3 nitrogen and oxygen atoms in total. The Morgan fingerprint density at radius 2 is 2.53 bits per heavy atom. The maximum absolute atomic E-state index is 11.6. The Bertz CT molecular complexity index is 331. The van der Waals surface area contributed by atoms with Gasteiger partial charge >= 0.3 is 0 Å². The molecule has 17 heavy (non-hydrogen) atoms. The topological polar surface area (TPSA) is 38.3 Å². The number of nitrogens with one attached hydrogen (secondary N) is 1. The van der Waals surface area contributed by atoms with Crippen LogP contribution in [0.25, 0.3) is 0 Å². The second-order valence-corrected chi connectivity index (χ2v) is 5.40. The third kappa shape index (κ3) is 4.22. The van der Waals surface area contributed by atoms with E-state index in [1.165, 1.54) is 24.2 Å². The van der Waals surface area contributed by atoms with Gasteiger partial charge in [0.25, 0.3) is 0 Å². The molecule has 1 aromatic rings. The van der Waals surface area contributed by atoms with Gasteiger partial charge in [-0.1, -0.05) is 6.07 Å². The van der Waals surface area contributed by atoms with E-state index < -0.39 is 0 Å². The minimum absolute atomic E-state index is 0.0989. The molecular formula is C13H19NO2S. The summed E-state index contributed by atoms with van der Waals surface area (Å²) in [5.41, 5.74) is 0. The Labute approximate surface area is 106 Å². The van der Waals surface area contributed by atoms with Crippen molar-refractivity contribution in [3.05, 3.63) is 22.4 Å². The maximum atomic E-state index is 11.6. The minimum Gasteiger partial charge on any atom is -0.373 e. The molecule has 94 valence electrons. The molecule has 0 aliphatic carbocycles. The van der Waals surface area contributed by atoms with Crippen molar-refractivity contribution in [3.8, 4) is 0 Å². The van der Waals surface area contributed by atoms with Crippen LogP contribution in [-0.2, 0) is 4.74 Å². The zero-order valence-electron chi connectivity index (χ0n) is 9.98. The number of piperidine rings is 1. The van der Waals surface area contributed by atoms with Crippen LogP contribution >= 0.6 is 11.3 Å². The van der Waals surface area contributed by atoms with E-state index in [1.54, 1.807) is 0 Å². The summed E-state index contributed by atoms with van der Waals surface area (Å²) in [6.45, 7) is 3.17. The van der Waals surface area contributed by atoms with Crippen molar-refractivity contribution >= 4 is 17.1 Å². The molecule has 1 saturated heterocycles. The second kappa shape index (κ2) is 6.89. The molecule has 0 unspecified atom stereocenters. The van der Waals surface area contributed by atoms with Gasteiger partial charge in [0.1, 0.15) is 6.61 Å². The van der Waals surface area contributed by atoms with Crippen molar-refractivity contribution in [2.24, 2.45) is 5.92 Å². The number of Topliss-reactive ketones (excluding diaryl/α,β-unsaturated/α-hetero) is 1. The summed E-state index contributed by atoms with van der Waals surface area (Å²) in [6, 6.07) is 3.74. The van der Waals surface area contributed by atoms with Crippen molar-refractivity contribution < 1.29 is 9.53 Å². The van der Waals surface area contributed by atoms with Crippen LogP contribution in [0.4, 0.5) is 0 Å². The molecule has 0 bridgehead atoms. The van der Waals surface area contributed by atoms with Crippen LogP contribution in [-0.4, -0.2) is 32.1 Å². The van der Waals surface area contributed by atoms with Gasteiger partial charge in [-0.2, -0.15) is 0 Å². The van der Waals surface area contributed by atoms with Gasteiger partial charge in [-0.25, -0.2) is 0 Å². The lowest BCUT2D eigenvalue weighted by molar-refractivity contribution is 0.0729. The van der Waals surface area contributed by atoms with E-state index in [1.807, 2.05) is 17.5 Å². The van der Waals surface area contributed by atoms with Gasteiger partial charge in [-0.05, 0) is 49.7 Å². The number of rotatable bonds is 6. The van der Waals surface area contributed by atoms with Gasteiger partial charge in [-0.15, -0.1) is 11.3 Å². The molecule has 2 rings (SSSR count). The zero-order valence-corrected chi connectivity index (χ0v) is 10.8. The summed E-state index contributed by atoms with van der Waals surface area (Å²) in [5, 5.41) is 5.30. The van der Waals surface area contributed by atoms with Crippen molar-refractivity contribution in [1.29, 1.82) is 0 Å². The van der Waals surface area contributed by atoms with Crippen molar-refractivity contribution in [3.63, 3.8) is 0 Å². The molecule has 4 heteroatoms. The van der Waals surface area contributed by atoms with Crippen LogP contribution in [0.1, 0.15) is 28.9 Å². The van der Waals surface area contributed by atoms with E-state index >= 15 is 0 Å². The molecular weight excluding hydrogens is 234 g/mol. The fraction of sp³-hybridized carbons (Fsp3) is 0.615. The van der Waals surface area contributed by atoms with Gasteiger partial charge in [0.2, 0.25) is 0 Å². The number of thiophene rings is 1. The Balaban J connectivity index is 1.58. The third-order valence-electron chi connectivity index (χ3n) is 3.10. The lowest BCUT2D eigenvalue weighted by atomic mass is 9.97. The van der Waals surface area contributed by atoms with Crippen LogP contribution < -0.4 is 5.32 Å². The van der Waals surface area contributed by atoms with Crippen molar-refractivity contribution in [1.82, 2.24) is 5.32 Å². The van der Waals surface area contributed by atoms with Crippen LogP contribution in [0.2, 0.25) is 0 Å². The lowest BCUT2D eigenvalue weighted by Gasteiger charge is -2.22.